The van der Waals surface area contributed by atoms with Gasteiger partial charge in [0.2, 0.25) is 5.91 Å². The van der Waals surface area contributed by atoms with Gasteiger partial charge in [0.1, 0.15) is 12.3 Å². The van der Waals surface area contributed by atoms with Crippen molar-refractivity contribution in [3.05, 3.63) is 23.8 Å². The number of ether oxygens (including phenoxy) is 1. The van der Waals surface area contributed by atoms with E-state index < -0.39 is 0 Å². The molecule has 102 valence electrons. The number of hydrogen-bond acceptors (Lipinski definition) is 4. The Kier molecular flexibility index (Phi) is 4.01. The molecule has 0 fully saturated rings. The first kappa shape index (κ1) is 13.4. The Hall–Kier alpha value is -2.08. The smallest absolute Gasteiger partial charge is 0.265 e. The fourth-order valence-electron chi connectivity index (χ4n) is 1.88. The molecule has 0 radical (unpaired) electrons. The number of nitrogens with zero attached hydrogens (tertiary/aromatic N) is 1. The first-order chi connectivity index (χ1) is 9.11. The minimum atomic E-state index is -0.309. The predicted molar refractivity (Wildman–Crippen MR) is 69.1 cm³/mol. The highest BCUT2D eigenvalue weighted by atomic mass is 16.5. The van der Waals surface area contributed by atoms with Crippen molar-refractivity contribution in [1.29, 1.82) is 0 Å². The maximum absolute atomic E-state index is 11.8. The highest BCUT2D eigenvalue weighted by Gasteiger charge is 2.27. The third-order valence-corrected chi connectivity index (χ3v) is 2.79. The van der Waals surface area contributed by atoms with Crippen molar-refractivity contribution in [3.63, 3.8) is 0 Å². The second-order valence-electron chi connectivity index (χ2n) is 4.31. The van der Waals surface area contributed by atoms with Gasteiger partial charge in [0.15, 0.2) is 6.61 Å². The first-order valence-electron chi connectivity index (χ1n) is 6.03. The second-order valence-corrected chi connectivity index (χ2v) is 4.31. The summed E-state index contributed by atoms with van der Waals surface area (Å²) in [5.41, 5.74) is 1.59. The lowest BCUT2D eigenvalue weighted by atomic mass is 10.1. The Labute approximate surface area is 111 Å². The molecule has 0 spiro atoms. The zero-order valence-corrected chi connectivity index (χ0v) is 10.7. The van der Waals surface area contributed by atoms with Crippen LogP contribution >= 0.6 is 0 Å². The van der Waals surface area contributed by atoms with Crippen LogP contribution in [-0.2, 0) is 9.59 Å². The summed E-state index contributed by atoms with van der Waals surface area (Å²) in [5, 5.41) is 11.2. The number of aliphatic hydroxyl groups excluding tert-OH is 1. The SMILES string of the molecule is Cc1ccc2c(c1)N(CC(=O)NCCO)C(=O)CO2. The van der Waals surface area contributed by atoms with Gasteiger partial charge >= 0.3 is 0 Å². The van der Waals surface area contributed by atoms with Crippen molar-refractivity contribution >= 4 is 17.5 Å². The summed E-state index contributed by atoms with van der Waals surface area (Å²) in [5.74, 6) is 0.0363. The monoisotopic (exact) mass is 264 g/mol. The van der Waals surface area contributed by atoms with E-state index in [0.717, 1.165) is 5.56 Å². The molecule has 0 bridgehead atoms. The van der Waals surface area contributed by atoms with Crippen molar-refractivity contribution < 1.29 is 19.4 Å². The van der Waals surface area contributed by atoms with Gasteiger partial charge in [0.25, 0.3) is 5.91 Å². The number of hydrogen-bond donors (Lipinski definition) is 2. The number of rotatable bonds is 4. The van der Waals surface area contributed by atoms with Crippen LogP contribution in [0.25, 0.3) is 0 Å². The molecule has 2 N–H and O–H groups in total. The van der Waals surface area contributed by atoms with E-state index in [1.807, 2.05) is 19.1 Å². The third kappa shape index (κ3) is 3.03. The summed E-state index contributed by atoms with van der Waals surface area (Å²) >= 11 is 0. The summed E-state index contributed by atoms with van der Waals surface area (Å²) < 4.78 is 5.32. The molecular formula is C13H16N2O4. The number of nitrogens with one attached hydrogen (secondary N) is 1. The highest BCUT2D eigenvalue weighted by Crippen LogP contribution is 2.32. The Balaban J connectivity index is 2.18. The van der Waals surface area contributed by atoms with Gasteiger partial charge in [-0.2, -0.15) is 0 Å². The van der Waals surface area contributed by atoms with E-state index in [4.69, 9.17) is 9.84 Å². The molecule has 1 aliphatic heterocycles. The van der Waals surface area contributed by atoms with E-state index in [9.17, 15) is 9.59 Å². The van der Waals surface area contributed by atoms with Gasteiger partial charge in [-0.25, -0.2) is 0 Å². The number of carbonyl (C=O) groups is 2. The fraction of sp³-hybridized carbons (Fsp3) is 0.385. The van der Waals surface area contributed by atoms with Crippen LogP contribution < -0.4 is 15.0 Å². The lowest BCUT2D eigenvalue weighted by molar-refractivity contribution is -0.125. The molecule has 2 rings (SSSR count). The summed E-state index contributed by atoms with van der Waals surface area (Å²) in [6, 6.07) is 5.49. The van der Waals surface area contributed by atoms with Crippen LogP contribution in [0, 0.1) is 6.92 Å². The lowest BCUT2D eigenvalue weighted by Crippen LogP contribution is -2.45. The molecule has 0 aromatic heterocycles. The van der Waals surface area contributed by atoms with E-state index in [1.54, 1.807) is 6.07 Å². The molecule has 1 aromatic rings. The van der Waals surface area contributed by atoms with E-state index >= 15 is 0 Å². The molecule has 1 aliphatic rings. The topological polar surface area (TPSA) is 78.9 Å². The summed E-state index contributed by atoms with van der Waals surface area (Å²) in [4.78, 5) is 24.9. The quantitative estimate of drug-likeness (QED) is 0.791. The summed E-state index contributed by atoms with van der Waals surface area (Å²) in [7, 11) is 0. The van der Waals surface area contributed by atoms with Crippen LogP contribution in [0.1, 0.15) is 5.56 Å². The van der Waals surface area contributed by atoms with Crippen molar-refractivity contribution in [1.82, 2.24) is 5.32 Å². The molecule has 0 saturated heterocycles. The maximum atomic E-state index is 11.8. The molecule has 6 heteroatoms. The normalized spacial score (nSPS) is 13.8. The average Bonchev–Trinajstić information content (AvgIpc) is 2.40. The molecule has 1 heterocycles. The number of amides is 2. The first-order valence-corrected chi connectivity index (χ1v) is 6.03. The van der Waals surface area contributed by atoms with Crippen molar-refractivity contribution in [2.75, 3.05) is 31.2 Å². The highest BCUT2D eigenvalue weighted by molar-refractivity contribution is 6.02. The molecule has 1 aromatic carbocycles. The number of carbonyl (C=O) groups excluding carboxylic acids is 2. The van der Waals surface area contributed by atoms with Gasteiger partial charge in [-0.15, -0.1) is 0 Å². The lowest BCUT2D eigenvalue weighted by Gasteiger charge is -2.29. The molecule has 19 heavy (non-hydrogen) atoms. The van der Waals surface area contributed by atoms with Crippen LogP contribution in [0.5, 0.6) is 5.75 Å². The number of aliphatic hydroxyl groups is 1. The van der Waals surface area contributed by atoms with Gasteiger partial charge in [0, 0.05) is 6.54 Å². The molecule has 0 unspecified atom stereocenters. The number of benzene rings is 1. The summed E-state index contributed by atoms with van der Waals surface area (Å²) in [6.07, 6.45) is 0. The Bertz CT molecular complexity index is 501. The van der Waals surface area contributed by atoms with Crippen LogP contribution in [0.2, 0.25) is 0 Å². The predicted octanol–water partition coefficient (Wildman–Crippen LogP) is -0.171. The maximum Gasteiger partial charge on any atom is 0.265 e. The van der Waals surface area contributed by atoms with Gasteiger partial charge in [-0.1, -0.05) is 6.07 Å². The molecule has 0 aliphatic carbocycles. The number of anilines is 1. The minimum absolute atomic E-state index is 0.0661. The molecule has 2 amide bonds. The molecular weight excluding hydrogens is 248 g/mol. The fourth-order valence-corrected chi connectivity index (χ4v) is 1.88. The van der Waals surface area contributed by atoms with Crippen LogP contribution in [0.4, 0.5) is 5.69 Å². The van der Waals surface area contributed by atoms with E-state index in [0.29, 0.717) is 11.4 Å². The second kappa shape index (κ2) is 5.71. The van der Waals surface area contributed by atoms with Gasteiger partial charge < -0.3 is 15.2 Å². The van der Waals surface area contributed by atoms with Crippen molar-refractivity contribution in [2.24, 2.45) is 0 Å². The molecule has 6 nitrogen and oxygen atoms in total. The Morgan fingerprint density at radius 2 is 2.32 bits per heavy atom. The number of fused-ring (bicyclic) bond motifs is 1. The standard InChI is InChI=1S/C13H16N2O4/c1-9-2-3-11-10(6-9)15(13(18)8-19-11)7-12(17)14-4-5-16/h2-3,6,16H,4-5,7-8H2,1H3,(H,14,17). The van der Waals surface area contributed by atoms with Crippen molar-refractivity contribution in [2.45, 2.75) is 6.92 Å². The van der Waals surface area contributed by atoms with E-state index in [-0.39, 0.29) is 38.1 Å². The average molecular weight is 264 g/mol. The zero-order valence-electron chi connectivity index (χ0n) is 10.7. The van der Waals surface area contributed by atoms with Gasteiger partial charge in [-0.3, -0.25) is 14.5 Å². The molecule has 0 saturated carbocycles. The third-order valence-electron chi connectivity index (χ3n) is 2.79. The van der Waals surface area contributed by atoms with Gasteiger partial charge in [-0.05, 0) is 24.6 Å². The number of aryl methyl sites for hydroxylation is 1. The Morgan fingerprint density at radius 1 is 1.53 bits per heavy atom. The van der Waals surface area contributed by atoms with E-state index in [1.165, 1.54) is 4.90 Å². The van der Waals surface area contributed by atoms with E-state index in [2.05, 4.69) is 5.32 Å². The largest absolute Gasteiger partial charge is 0.482 e. The van der Waals surface area contributed by atoms with Crippen molar-refractivity contribution in [3.8, 4) is 5.75 Å². The van der Waals surface area contributed by atoms with Gasteiger partial charge in [0.05, 0.1) is 12.3 Å². The zero-order chi connectivity index (χ0) is 13.8. The minimum Gasteiger partial charge on any atom is -0.482 e. The molecule has 0 atom stereocenters. The Morgan fingerprint density at radius 3 is 3.05 bits per heavy atom. The van der Waals surface area contributed by atoms with Crippen LogP contribution in [0.15, 0.2) is 18.2 Å². The summed E-state index contributed by atoms with van der Waals surface area (Å²) in [6.45, 7) is 1.82. The van der Waals surface area contributed by atoms with Crippen LogP contribution in [0.3, 0.4) is 0 Å². The van der Waals surface area contributed by atoms with Crippen LogP contribution in [-0.4, -0.2) is 43.2 Å².